The molecule has 0 saturated heterocycles. The molecule has 0 fully saturated rings. The van der Waals surface area contributed by atoms with E-state index in [0.29, 0.717) is 11.5 Å². The minimum absolute atomic E-state index is 0.293. The molecule has 1 aromatic carbocycles. The van der Waals surface area contributed by atoms with Crippen LogP contribution in [0.5, 0.6) is 0 Å². The van der Waals surface area contributed by atoms with Gasteiger partial charge < -0.3 is 10.2 Å². The van der Waals surface area contributed by atoms with E-state index in [1.807, 2.05) is 0 Å². The zero-order valence-electron chi connectivity index (χ0n) is 13.5. The molecule has 0 amide bonds. The van der Waals surface area contributed by atoms with Crippen molar-refractivity contribution in [1.82, 2.24) is 10.2 Å². The van der Waals surface area contributed by atoms with Crippen LogP contribution in [0.15, 0.2) is 24.3 Å². The molecule has 1 aromatic rings. The van der Waals surface area contributed by atoms with Crippen LogP contribution in [0.1, 0.15) is 44.4 Å². The molecule has 1 unspecified atom stereocenters. The zero-order chi connectivity index (χ0) is 14.5. The van der Waals surface area contributed by atoms with Crippen molar-refractivity contribution in [2.45, 2.75) is 40.2 Å². The predicted molar refractivity (Wildman–Crippen MR) is 84.5 cm³/mol. The average Bonchev–Trinajstić information content (AvgIpc) is 2.30. The van der Waals surface area contributed by atoms with Crippen LogP contribution in [0, 0.1) is 12.3 Å². The van der Waals surface area contributed by atoms with Crippen LogP contribution >= 0.6 is 0 Å². The molecule has 1 atom stereocenters. The monoisotopic (exact) mass is 262 g/mol. The quantitative estimate of drug-likeness (QED) is 0.807. The zero-order valence-corrected chi connectivity index (χ0v) is 13.5. The molecule has 1 rings (SSSR count). The van der Waals surface area contributed by atoms with Gasteiger partial charge in [-0.05, 0) is 38.4 Å². The number of nitrogens with zero attached hydrogens (tertiary/aromatic N) is 1. The summed E-state index contributed by atoms with van der Waals surface area (Å²) in [6.07, 6.45) is 1.13. The molecule has 0 aliphatic heterocycles. The molecule has 0 aromatic heterocycles. The summed E-state index contributed by atoms with van der Waals surface area (Å²) in [6, 6.07) is 9.35. The van der Waals surface area contributed by atoms with Crippen molar-refractivity contribution in [1.29, 1.82) is 0 Å². The second-order valence-corrected chi connectivity index (χ2v) is 6.65. The van der Waals surface area contributed by atoms with Crippen LogP contribution in [-0.4, -0.2) is 32.1 Å². The maximum absolute atomic E-state index is 3.72. The van der Waals surface area contributed by atoms with Crippen molar-refractivity contribution in [3.05, 3.63) is 35.4 Å². The first-order valence-electron chi connectivity index (χ1n) is 7.29. The van der Waals surface area contributed by atoms with Gasteiger partial charge in [0, 0.05) is 19.1 Å². The standard InChI is InChI=1S/C17H30N2/c1-7-16(15-10-8-14(2)9-11-15)18-12-17(3,4)13-19(5)6/h8-11,16,18H,7,12-13H2,1-6H3. The second kappa shape index (κ2) is 7.06. The molecule has 0 bridgehead atoms. The van der Waals surface area contributed by atoms with Crippen molar-refractivity contribution in [3.8, 4) is 0 Å². The number of hydrogen-bond acceptors (Lipinski definition) is 2. The van der Waals surface area contributed by atoms with Crippen LogP contribution in [0.25, 0.3) is 0 Å². The average molecular weight is 262 g/mol. The Morgan fingerprint density at radius 2 is 1.74 bits per heavy atom. The van der Waals surface area contributed by atoms with Crippen LogP contribution in [0.2, 0.25) is 0 Å². The Morgan fingerprint density at radius 3 is 2.21 bits per heavy atom. The Morgan fingerprint density at radius 1 is 1.16 bits per heavy atom. The van der Waals surface area contributed by atoms with E-state index in [4.69, 9.17) is 0 Å². The molecule has 19 heavy (non-hydrogen) atoms. The molecular formula is C17H30N2. The van der Waals surface area contributed by atoms with E-state index in [0.717, 1.165) is 19.5 Å². The SMILES string of the molecule is CCC(NCC(C)(C)CN(C)C)c1ccc(C)cc1. The molecule has 0 radical (unpaired) electrons. The highest BCUT2D eigenvalue weighted by molar-refractivity contribution is 5.24. The Bertz CT molecular complexity index is 365. The molecule has 2 nitrogen and oxygen atoms in total. The van der Waals surface area contributed by atoms with Crippen LogP contribution in [-0.2, 0) is 0 Å². The number of benzene rings is 1. The topological polar surface area (TPSA) is 15.3 Å². The highest BCUT2D eigenvalue weighted by Gasteiger charge is 2.20. The number of aryl methyl sites for hydroxylation is 1. The lowest BCUT2D eigenvalue weighted by Gasteiger charge is -2.31. The van der Waals surface area contributed by atoms with E-state index in [1.165, 1.54) is 11.1 Å². The van der Waals surface area contributed by atoms with E-state index >= 15 is 0 Å². The van der Waals surface area contributed by atoms with E-state index in [9.17, 15) is 0 Å². The summed E-state index contributed by atoms with van der Waals surface area (Å²) in [7, 11) is 4.28. The Labute approximate surface area is 119 Å². The normalized spacial score (nSPS) is 13.8. The highest BCUT2D eigenvalue weighted by atomic mass is 15.1. The lowest BCUT2D eigenvalue weighted by Crippen LogP contribution is -2.38. The van der Waals surface area contributed by atoms with Crippen molar-refractivity contribution >= 4 is 0 Å². The van der Waals surface area contributed by atoms with Gasteiger partial charge in [0.15, 0.2) is 0 Å². The van der Waals surface area contributed by atoms with Gasteiger partial charge in [0.25, 0.3) is 0 Å². The van der Waals surface area contributed by atoms with Crippen LogP contribution in [0.4, 0.5) is 0 Å². The summed E-state index contributed by atoms with van der Waals surface area (Å²) in [6.45, 7) is 11.2. The molecule has 0 saturated carbocycles. The smallest absolute Gasteiger partial charge is 0.0317 e. The van der Waals surface area contributed by atoms with Gasteiger partial charge in [-0.3, -0.25) is 0 Å². The summed E-state index contributed by atoms with van der Waals surface area (Å²) < 4.78 is 0. The Kier molecular flexibility index (Phi) is 6.02. The third-order valence-electron chi connectivity index (χ3n) is 3.46. The van der Waals surface area contributed by atoms with Gasteiger partial charge in [0.05, 0.1) is 0 Å². The minimum atomic E-state index is 0.293. The lowest BCUT2D eigenvalue weighted by atomic mass is 9.91. The number of nitrogens with one attached hydrogen (secondary N) is 1. The summed E-state index contributed by atoms with van der Waals surface area (Å²) >= 11 is 0. The maximum Gasteiger partial charge on any atom is 0.0317 e. The lowest BCUT2D eigenvalue weighted by molar-refractivity contribution is 0.224. The third-order valence-corrected chi connectivity index (χ3v) is 3.46. The summed E-state index contributed by atoms with van der Waals surface area (Å²) in [5.41, 5.74) is 3.02. The second-order valence-electron chi connectivity index (χ2n) is 6.65. The van der Waals surface area contributed by atoms with E-state index in [2.05, 4.69) is 76.3 Å². The fourth-order valence-corrected chi connectivity index (χ4v) is 2.61. The minimum Gasteiger partial charge on any atom is -0.309 e. The fourth-order valence-electron chi connectivity index (χ4n) is 2.61. The Hall–Kier alpha value is -0.860. The molecule has 0 heterocycles. The van der Waals surface area contributed by atoms with Gasteiger partial charge in [-0.1, -0.05) is 50.6 Å². The summed E-state index contributed by atoms with van der Waals surface area (Å²) in [5, 5.41) is 3.72. The van der Waals surface area contributed by atoms with Gasteiger partial charge in [0.2, 0.25) is 0 Å². The maximum atomic E-state index is 3.72. The van der Waals surface area contributed by atoms with Gasteiger partial charge in [-0.2, -0.15) is 0 Å². The van der Waals surface area contributed by atoms with Crippen LogP contribution < -0.4 is 5.32 Å². The Balaban J connectivity index is 2.60. The summed E-state index contributed by atoms with van der Waals surface area (Å²) in [4.78, 5) is 2.26. The van der Waals surface area contributed by atoms with E-state index in [1.54, 1.807) is 0 Å². The largest absolute Gasteiger partial charge is 0.309 e. The molecule has 2 heteroatoms. The van der Waals surface area contributed by atoms with Crippen molar-refractivity contribution in [3.63, 3.8) is 0 Å². The van der Waals surface area contributed by atoms with Gasteiger partial charge in [-0.15, -0.1) is 0 Å². The highest BCUT2D eigenvalue weighted by Crippen LogP contribution is 2.20. The number of rotatable bonds is 7. The predicted octanol–water partition coefficient (Wildman–Crippen LogP) is 3.62. The summed E-state index contributed by atoms with van der Waals surface area (Å²) in [5.74, 6) is 0. The van der Waals surface area contributed by atoms with Gasteiger partial charge >= 0.3 is 0 Å². The molecular weight excluding hydrogens is 232 g/mol. The fraction of sp³-hybridized carbons (Fsp3) is 0.647. The molecule has 108 valence electrons. The first kappa shape index (κ1) is 16.2. The first-order valence-corrected chi connectivity index (χ1v) is 7.29. The van der Waals surface area contributed by atoms with Crippen molar-refractivity contribution < 1.29 is 0 Å². The van der Waals surface area contributed by atoms with Gasteiger partial charge in [0.1, 0.15) is 0 Å². The third kappa shape index (κ3) is 5.75. The molecule has 0 aliphatic carbocycles. The van der Waals surface area contributed by atoms with Gasteiger partial charge in [-0.25, -0.2) is 0 Å². The molecule has 1 N–H and O–H groups in total. The molecule has 0 aliphatic rings. The van der Waals surface area contributed by atoms with E-state index < -0.39 is 0 Å². The van der Waals surface area contributed by atoms with E-state index in [-0.39, 0.29) is 0 Å². The molecule has 0 spiro atoms. The van der Waals surface area contributed by atoms with Crippen molar-refractivity contribution in [2.75, 3.05) is 27.2 Å². The van der Waals surface area contributed by atoms with Crippen molar-refractivity contribution in [2.24, 2.45) is 5.41 Å². The van der Waals surface area contributed by atoms with Crippen LogP contribution in [0.3, 0.4) is 0 Å². The first-order chi connectivity index (χ1) is 8.84. The number of hydrogen-bond donors (Lipinski definition) is 1.